The maximum Gasteiger partial charge on any atom is 0.256 e. The molecule has 0 saturated heterocycles. The zero-order valence-electron chi connectivity index (χ0n) is 8.10. The van der Waals surface area contributed by atoms with Crippen LogP contribution in [-0.2, 0) is 0 Å². The summed E-state index contributed by atoms with van der Waals surface area (Å²) in [5, 5.41) is 0.878. The number of hydrogen-bond acceptors (Lipinski definition) is 2. The van der Waals surface area contributed by atoms with Gasteiger partial charge in [-0.3, -0.25) is 4.79 Å². The molecule has 6 heteroatoms. The van der Waals surface area contributed by atoms with Crippen molar-refractivity contribution in [3.8, 4) is 0 Å². The van der Waals surface area contributed by atoms with Crippen molar-refractivity contribution in [2.24, 2.45) is 0 Å². The SMILES string of the molecule is CN(CCCBr)C(=O)c1cc(Cl)sc1Cl. The van der Waals surface area contributed by atoms with Gasteiger partial charge >= 0.3 is 0 Å². The van der Waals surface area contributed by atoms with Crippen LogP contribution in [0.1, 0.15) is 16.8 Å². The number of alkyl halides is 1. The second-order valence-corrected chi connectivity index (χ2v) is 6.09. The van der Waals surface area contributed by atoms with Crippen LogP contribution in [0.4, 0.5) is 0 Å². The van der Waals surface area contributed by atoms with Crippen LogP contribution in [0.15, 0.2) is 6.07 Å². The van der Waals surface area contributed by atoms with Crippen LogP contribution in [0.5, 0.6) is 0 Å². The molecule has 1 amide bonds. The van der Waals surface area contributed by atoms with E-state index in [1.807, 2.05) is 0 Å². The van der Waals surface area contributed by atoms with Gasteiger partial charge in [0.15, 0.2) is 0 Å². The Kier molecular flexibility index (Phi) is 5.39. The van der Waals surface area contributed by atoms with Gasteiger partial charge in [-0.05, 0) is 12.5 Å². The smallest absolute Gasteiger partial charge is 0.256 e. The largest absolute Gasteiger partial charge is 0.342 e. The van der Waals surface area contributed by atoms with E-state index in [4.69, 9.17) is 23.2 Å². The Morgan fingerprint density at radius 3 is 2.73 bits per heavy atom. The summed E-state index contributed by atoms with van der Waals surface area (Å²) in [6, 6.07) is 1.61. The van der Waals surface area contributed by atoms with Crippen molar-refractivity contribution < 1.29 is 4.79 Å². The summed E-state index contributed by atoms with van der Waals surface area (Å²) in [5.41, 5.74) is 0.490. The number of amides is 1. The lowest BCUT2D eigenvalue weighted by Gasteiger charge is -2.15. The fourth-order valence-corrected chi connectivity index (χ4v) is 2.79. The fourth-order valence-electron chi connectivity index (χ4n) is 1.09. The highest BCUT2D eigenvalue weighted by atomic mass is 79.9. The lowest BCUT2D eigenvalue weighted by Crippen LogP contribution is -2.27. The van der Waals surface area contributed by atoms with Gasteiger partial charge in [-0.15, -0.1) is 11.3 Å². The normalized spacial score (nSPS) is 10.4. The third kappa shape index (κ3) is 3.63. The molecule has 0 N–H and O–H groups in total. The van der Waals surface area contributed by atoms with Crippen molar-refractivity contribution in [1.82, 2.24) is 4.90 Å². The van der Waals surface area contributed by atoms with E-state index in [1.54, 1.807) is 18.0 Å². The van der Waals surface area contributed by atoms with Gasteiger partial charge in [0.2, 0.25) is 0 Å². The van der Waals surface area contributed by atoms with E-state index in [1.165, 1.54) is 11.3 Å². The molecule has 0 aromatic carbocycles. The minimum atomic E-state index is -0.0795. The number of halogens is 3. The van der Waals surface area contributed by atoms with Crippen molar-refractivity contribution >= 4 is 56.4 Å². The standard InChI is InChI=1S/C9H10BrCl2NOS/c1-13(4-2-3-10)9(14)6-5-7(11)15-8(6)12/h5H,2-4H2,1H3. The maximum absolute atomic E-state index is 11.9. The average Bonchev–Trinajstić information content (AvgIpc) is 2.53. The topological polar surface area (TPSA) is 20.3 Å². The molecule has 0 unspecified atom stereocenters. The highest BCUT2D eigenvalue weighted by molar-refractivity contribution is 9.09. The van der Waals surface area contributed by atoms with Gasteiger partial charge in [-0.2, -0.15) is 0 Å². The van der Waals surface area contributed by atoms with Crippen molar-refractivity contribution in [1.29, 1.82) is 0 Å². The van der Waals surface area contributed by atoms with Crippen molar-refractivity contribution in [2.75, 3.05) is 18.9 Å². The van der Waals surface area contributed by atoms with Gasteiger partial charge in [0.25, 0.3) is 5.91 Å². The number of rotatable bonds is 4. The van der Waals surface area contributed by atoms with Crippen LogP contribution >= 0.6 is 50.5 Å². The lowest BCUT2D eigenvalue weighted by molar-refractivity contribution is 0.0796. The van der Waals surface area contributed by atoms with Gasteiger partial charge in [0.1, 0.15) is 4.34 Å². The van der Waals surface area contributed by atoms with Crippen LogP contribution in [-0.4, -0.2) is 29.7 Å². The minimum Gasteiger partial charge on any atom is -0.342 e. The van der Waals surface area contributed by atoms with Gasteiger partial charge < -0.3 is 4.90 Å². The second-order valence-electron chi connectivity index (χ2n) is 3.01. The van der Waals surface area contributed by atoms with E-state index in [0.29, 0.717) is 20.8 Å². The highest BCUT2D eigenvalue weighted by Crippen LogP contribution is 2.31. The van der Waals surface area contributed by atoms with Crippen molar-refractivity contribution in [3.05, 3.63) is 20.3 Å². The molecule has 0 aliphatic rings. The maximum atomic E-state index is 11.9. The molecule has 0 spiro atoms. The van der Waals surface area contributed by atoms with E-state index in [-0.39, 0.29) is 5.91 Å². The minimum absolute atomic E-state index is 0.0795. The molecule has 1 aromatic heterocycles. The van der Waals surface area contributed by atoms with E-state index >= 15 is 0 Å². The molecule has 2 nitrogen and oxygen atoms in total. The molecule has 84 valence electrons. The Labute approximate surface area is 111 Å². The van der Waals surface area contributed by atoms with E-state index in [9.17, 15) is 4.79 Å². The second kappa shape index (κ2) is 6.09. The van der Waals surface area contributed by atoms with E-state index in [0.717, 1.165) is 11.8 Å². The summed E-state index contributed by atoms with van der Waals surface area (Å²) in [4.78, 5) is 13.5. The first-order valence-electron chi connectivity index (χ1n) is 4.32. The van der Waals surface area contributed by atoms with Gasteiger partial charge in [0.05, 0.1) is 9.90 Å². The first kappa shape index (κ1) is 13.3. The number of thiophene rings is 1. The molecule has 1 aromatic rings. The summed E-state index contributed by atoms with van der Waals surface area (Å²) < 4.78 is 0.993. The summed E-state index contributed by atoms with van der Waals surface area (Å²) in [5.74, 6) is -0.0795. The fraction of sp³-hybridized carbons (Fsp3) is 0.444. The van der Waals surface area contributed by atoms with Crippen LogP contribution in [0, 0.1) is 0 Å². The van der Waals surface area contributed by atoms with Crippen LogP contribution in [0.3, 0.4) is 0 Å². The Hall–Kier alpha value is 0.230. The van der Waals surface area contributed by atoms with E-state index < -0.39 is 0 Å². The summed E-state index contributed by atoms with van der Waals surface area (Å²) in [6.45, 7) is 0.702. The molecular formula is C9H10BrCl2NOS. The number of carbonyl (C=O) groups excluding carboxylic acids is 1. The van der Waals surface area contributed by atoms with Crippen molar-refractivity contribution in [3.63, 3.8) is 0 Å². The van der Waals surface area contributed by atoms with Gasteiger partial charge in [-0.1, -0.05) is 39.1 Å². The number of nitrogens with zero attached hydrogens (tertiary/aromatic N) is 1. The molecule has 0 fully saturated rings. The molecular weight excluding hydrogens is 321 g/mol. The molecule has 1 rings (SSSR count). The summed E-state index contributed by atoms with van der Waals surface area (Å²) in [7, 11) is 1.76. The Bertz CT molecular complexity index is 356. The predicted molar refractivity (Wildman–Crippen MR) is 69.7 cm³/mol. The molecule has 15 heavy (non-hydrogen) atoms. The molecule has 0 aliphatic heterocycles. The molecule has 1 heterocycles. The third-order valence-corrected chi connectivity index (χ3v) is 3.91. The quantitative estimate of drug-likeness (QED) is 0.766. The molecule has 0 radical (unpaired) electrons. The zero-order valence-corrected chi connectivity index (χ0v) is 12.0. The van der Waals surface area contributed by atoms with E-state index in [2.05, 4.69) is 15.9 Å². The average molecular weight is 331 g/mol. The lowest BCUT2D eigenvalue weighted by atomic mass is 10.3. The zero-order chi connectivity index (χ0) is 11.4. The predicted octanol–water partition coefficient (Wildman–Crippen LogP) is 3.91. The summed E-state index contributed by atoms with van der Waals surface area (Å²) >= 11 is 16.2. The molecule has 0 aliphatic carbocycles. The Morgan fingerprint density at radius 2 is 2.27 bits per heavy atom. The van der Waals surface area contributed by atoms with Gasteiger partial charge in [-0.25, -0.2) is 0 Å². The number of hydrogen-bond donors (Lipinski definition) is 0. The van der Waals surface area contributed by atoms with Crippen LogP contribution in [0.2, 0.25) is 8.67 Å². The van der Waals surface area contributed by atoms with Gasteiger partial charge in [0, 0.05) is 18.9 Å². The Morgan fingerprint density at radius 1 is 1.60 bits per heavy atom. The summed E-state index contributed by atoms with van der Waals surface area (Å²) in [6.07, 6.45) is 0.914. The highest BCUT2D eigenvalue weighted by Gasteiger charge is 2.17. The van der Waals surface area contributed by atoms with Crippen LogP contribution in [0.25, 0.3) is 0 Å². The first-order valence-corrected chi connectivity index (χ1v) is 7.02. The van der Waals surface area contributed by atoms with Crippen molar-refractivity contribution in [2.45, 2.75) is 6.42 Å². The molecule has 0 atom stereocenters. The molecule has 0 saturated carbocycles. The number of carbonyl (C=O) groups is 1. The third-order valence-electron chi connectivity index (χ3n) is 1.86. The van der Waals surface area contributed by atoms with Crippen LogP contribution < -0.4 is 0 Å². The Balaban J connectivity index is 2.71. The monoisotopic (exact) mass is 329 g/mol. The molecule has 0 bridgehead atoms. The first-order chi connectivity index (χ1) is 7.06.